The van der Waals surface area contributed by atoms with Crippen molar-refractivity contribution in [3.05, 3.63) is 41.5 Å². The Morgan fingerprint density at radius 3 is 2.70 bits per heavy atom. The first kappa shape index (κ1) is 12.5. The molecule has 0 fully saturated rings. The van der Waals surface area contributed by atoms with Crippen molar-refractivity contribution in [2.75, 3.05) is 5.32 Å². The first-order chi connectivity index (χ1) is 9.65. The van der Waals surface area contributed by atoms with Crippen LogP contribution in [0.15, 0.2) is 24.5 Å². The molecule has 1 heterocycles. The molecule has 1 aliphatic rings. The summed E-state index contributed by atoms with van der Waals surface area (Å²) in [7, 11) is 0. The van der Waals surface area contributed by atoms with Crippen molar-refractivity contribution in [2.24, 2.45) is 5.73 Å². The Kier molecular flexibility index (Phi) is 3.06. The summed E-state index contributed by atoms with van der Waals surface area (Å²) < 4.78 is 12.9. The molecule has 0 atom stereocenters. The fourth-order valence-electron chi connectivity index (χ4n) is 2.57. The summed E-state index contributed by atoms with van der Waals surface area (Å²) in [6.07, 6.45) is 5.09. The lowest BCUT2D eigenvalue weighted by Gasteiger charge is -2.13. The maximum atomic E-state index is 12.9. The van der Waals surface area contributed by atoms with Gasteiger partial charge in [-0.15, -0.1) is 0 Å². The highest BCUT2D eigenvalue weighted by atomic mass is 19.1. The minimum absolute atomic E-state index is 0.366. The first-order valence-electron chi connectivity index (χ1n) is 6.34. The quantitative estimate of drug-likeness (QED) is 0.879. The molecule has 0 spiro atoms. The number of nitrogens with two attached hydrogens (primary N) is 1. The molecule has 102 valence electrons. The van der Waals surface area contributed by atoms with E-state index in [1.807, 2.05) is 12.1 Å². The second-order valence-corrected chi connectivity index (χ2v) is 4.69. The molecule has 1 aromatic carbocycles. The first-order valence-corrected chi connectivity index (χ1v) is 6.34. The van der Waals surface area contributed by atoms with Crippen molar-refractivity contribution in [1.29, 1.82) is 0 Å². The molecule has 0 radical (unpaired) electrons. The number of hydrogen-bond donors (Lipinski definition) is 2. The van der Waals surface area contributed by atoms with Crippen LogP contribution in [-0.2, 0) is 12.8 Å². The molecule has 0 saturated carbocycles. The Morgan fingerprint density at radius 2 is 2.00 bits per heavy atom. The minimum Gasteiger partial charge on any atom is -0.351 e. The zero-order chi connectivity index (χ0) is 14.1. The highest BCUT2D eigenvalue weighted by Crippen LogP contribution is 2.36. The zero-order valence-electron chi connectivity index (χ0n) is 10.7. The number of anilines is 1. The van der Waals surface area contributed by atoms with E-state index in [2.05, 4.69) is 15.3 Å². The largest absolute Gasteiger partial charge is 0.351 e. The lowest BCUT2D eigenvalue weighted by molar-refractivity contribution is 0.259. The van der Waals surface area contributed by atoms with Gasteiger partial charge in [0.05, 0.1) is 18.1 Å². The van der Waals surface area contributed by atoms with Gasteiger partial charge in [0.15, 0.2) is 11.6 Å². The Morgan fingerprint density at radius 1 is 1.25 bits per heavy atom. The van der Waals surface area contributed by atoms with Crippen molar-refractivity contribution in [3.63, 3.8) is 0 Å². The lowest BCUT2D eigenvalue weighted by Crippen LogP contribution is -2.21. The number of halogens is 1. The van der Waals surface area contributed by atoms with Gasteiger partial charge < -0.3 is 11.1 Å². The number of amides is 2. The van der Waals surface area contributed by atoms with Crippen molar-refractivity contribution < 1.29 is 9.18 Å². The summed E-state index contributed by atoms with van der Waals surface area (Å²) in [4.78, 5) is 19.1. The number of primary amides is 1. The van der Waals surface area contributed by atoms with Gasteiger partial charge in [-0.05, 0) is 36.5 Å². The van der Waals surface area contributed by atoms with E-state index in [1.165, 1.54) is 5.56 Å². The third-order valence-electron chi connectivity index (χ3n) is 3.39. The number of aryl methyl sites for hydroxylation is 1. The molecule has 1 aliphatic carbocycles. The Labute approximate surface area is 115 Å². The van der Waals surface area contributed by atoms with Crippen LogP contribution in [0.3, 0.4) is 0 Å². The maximum absolute atomic E-state index is 12.9. The highest BCUT2D eigenvalue weighted by Gasteiger charge is 2.20. The van der Waals surface area contributed by atoms with Gasteiger partial charge in [-0.2, -0.15) is 0 Å². The second-order valence-electron chi connectivity index (χ2n) is 4.69. The van der Waals surface area contributed by atoms with E-state index in [1.54, 1.807) is 0 Å². The molecular formula is C14H13FN4O. The van der Waals surface area contributed by atoms with Gasteiger partial charge in [0.25, 0.3) is 0 Å². The molecule has 0 unspecified atom stereocenters. The number of carbonyl (C=O) groups is 1. The fourth-order valence-corrected chi connectivity index (χ4v) is 2.57. The van der Waals surface area contributed by atoms with E-state index in [0.29, 0.717) is 17.1 Å². The van der Waals surface area contributed by atoms with Gasteiger partial charge in [-0.1, -0.05) is 6.07 Å². The van der Waals surface area contributed by atoms with Crippen LogP contribution in [0.2, 0.25) is 0 Å². The topological polar surface area (TPSA) is 80.9 Å². The molecule has 5 nitrogen and oxygen atoms in total. The fraction of sp³-hybridized carbons (Fsp3) is 0.214. The van der Waals surface area contributed by atoms with E-state index in [0.717, 1.165) is 37.2 Å². The molecule has 0 saturated heterocycles. The Hall–Kier alpha value is -2.50. The van der Waals surface area contributed by atoms with E-state index in [-0.39, 0.29) is 0 Å². The van der Waals surface area contributed by atoms with E-state index in [4.69, 9.17) is 5.73 Å². The summed E-state index contributed by atoms with van der Waals surface area (Å²) in [6, 6.07) is 3.20. The standard InChI is InChI=1S/C14H13FN4O/c15-9-6-17-13(18-7-9)11-5-4-8-2-1-3-10(8)12(11)19-14(16)20/h4-7H,1-3H2,(H3,16,19,20). The molecule has 0 aliphatic heterocycles. The van der Waals surface area contributed by atoms with Crippen molar-refractivity contribution in [2.45, 2.75) is 19.3 Å². The number of fused-ring (bicyclic) bond motifs is 1. The van der Waals surface area contributed by atoms with Gasteiger partial charge in [0.1, 0.15) is 0 Å². The second kappa shape index (κ2) is 4.88. The number of rotatable bonds is 2. The van der Waals surface area contributed by atoms with Crippen LogP contribution in [0.5, 0.6) is 0 Å². The van der Waals surface area contributed by atoms with Crippen LogP contribution in [-0.4, -0.2) is 16.0 Å². The predicted molar refractivity (Wildman–Crippen MR) is 72.7 cm³/mol. The third-order valence-corrected chi connectivity index (χ3v) is 3.39. The number of benzene rings is 1. The van der Waals surface area contributed by atoms with Gasteiger partial charge in [0, 0.05) is 5.56 Å². The van der Waals surface area contributed by atoms with E-state index < -0.39 is 11.8 Å². The third kappa shape index (κ3) is 2.20. The average Bonchev–Trinajstić information content (AvgIpc) is 2.88. The van der Waals surface area contributed by atoms with Gasteiger partial charge in [-0.25, -0.2) is 19.2 Å². The number of aromatic nitrogens is 2. The number of nitrogens with zero attached hydrogens (tertiary/aromatic N) is 2. The molecular weight excluding hydrogens is 259 g/mol. The van der Waals surface area contributed by atoms with Crippen LogP contribution in [0.1, 0.15) is 17.5 Å². The van der Waals surface area contributed by atoms with Crippen LogP contribution < -0.4 is 11.1 Å². The summed E-state index contributed by atoms with van der Waals surface area (Å²) in [5.41, 5.74) is 8.79. The summed E-state index contributed by atoms with van der Waals surface area (Å²) in [5, 5.41) is 2.65. The number of nitrogens with one attached hydrogen (secondary N) is 1. The Balaban J connectivity index is 2.14. The SMILES string of the molecule is NC(=O)Nc1c(-c2ncc(F)cn2)ccc2c1CCC2. The van der Waals surface area contributed by atoms with Crippen molar-refractivity contribution in [1.82, 2.24) is 9.97 Å². The number of carbonyl (C=O) groups excluding carboxylic acids is 1. The molecule has 2 amide bonds. The molecule has 1 aromatic heterocycles. The van der Waals surface area contributed by atoms with Crippen molar-refractivity contribution >= 4 is 11.7 Å². The molecule has 3 rings (SSSR count). The lowest BCUT2D eigenvalue weighted by atomic mass is 10.0. The minimum atomic E-state index is -0.631. The molecule has 2 aromatic rings. The van der Waals surface area contributed by atoms with E-state index >= 15 is 0 Å². The smallest absolute Gasteiger partial charge is 0.316 e. The van der Waals surface area contributed by atoms with Gasteiger partial charge >= 0.3 is 6.03 Å². The van der Waals surface area contributed by atoms with Crippen molar-refractivity contribution in [3.8, 4) is 11.4 Å². The summed E-state index contributed by atoms with van der Waals surface area (Å²) >= 11 is 0. The zero-order valence-corrected chi connectivity index (χ0v) is 10.7. The van der Waals surface area contributed by atoms with Crippen LogP contribution in [0.25, 0.3) is 11.4 Å². The number of hydrogen-bond acceptors (Lipinski definition) is 3. The van der Waals surface area contributed by atoms with E-state index in [9.17, 15) is 9.18 Å². The van der Waals surface area contributed by atoms with Gasteiger partial charge in [0.2, 0.25) is 0 Å². The Bertz CT molecular complexity index is 670. The molecule has 0 bridgehead atoms. The highest BCUT2D eigenvalue weighted by molar-refractivity contribution is 5.94. The van der Waals surface area contributed by atoms with Gasteiger partial charge in [-0.3, -0.25) is 0 Å². The maximum Gasteiger partial charge on any atom is 0.316 e. The molecule has 6 heteroatoms. The molecule has 20 heavy (non-hydrogen) atoms. The summed E-state index contributed by atoms with van der Waals surface area (Å²) in [5.74, 6) is -0.135. The van der Waals surface area contributed by atoms with Crippen LogP contribution >= 0.6 is 0 Å². The predicted octanol–water partition coefficient (Wildman–Crippen LogP) is 2.26. The summed E-state index contributed by atoms with van der Waals surface area (Å²) in [6.45, 7) is 0. The average molecular weight is 272 g/mol. The normalized spacial score (nSPS) is 13.1. The monoisotopic (exact) mass is 272 g/mol. The molecule has 3 N–H and O–H groups in total. The number of urea groups is 1. The van der Waals surface area contributed by atoms with Crippen LogP contribution in [0, 0.1) is 5.82 Å². The van der Waals surface area contributed by atoms with Crippen LogP contribution in [0.4, 0.5) is 14.9 Å².